The molecule has 1 aliphatic carbocycles. The summed E-state index contributed by atoms with van der Waals surface area (Å²) in [5.41, 5.74) is 1.89. The molecule has 1 atom stereocenters. The molecule has 0 spiro atoms. The minimum absolute atomic E-state index is 0.434. The Morgan fingerprint density at radius 3 is 2.41 bits per heavy atom. The van der Waals surface area contributed by atoms with Gasteiger partial charge in [-0.15, -0.1) is 0 Å². The highest BCUT2D eigenvalue weighted by molar-refractivity contribution is 5.14. The molecule has 1 aromatic rings. The summed E-state index contributed by atoms with van der Waals surface area (Å²) < 4.78 is 0. The summed E-state index contributed by atoms with van der Waals surface area (Å²) in [5, 5.41) is 3.75. The summed E-state index contributed by atoms with van der Waals surface area (Å²) in [6.45, 7) is 7.01. The van der Waals surface area contributed by atoms with Crippen LogP contribution in [0.4, 0.5) is 0 Å². The van der Waals surface area contributed by atoms with Crippen molar-refractivity contribution in [3.05, 3.63) is 30.1 Å². The van der Waals surface area contributed by atoms with Gasteiger partial charge in [-0.1, -0.05) is 13.8 Å². The number of hydrogen-bond donors (Lipinski definition) is 1. The molecule has 1 aliphatic rings. The molecular formula is C15H24N2. The molecule has 1 heterocycles. The van der Waals surface area contributed by atoms with Crippen molar-refractivity contribution in [1.29, 1.82) is 0 Å². The second-order valence-electron chi connectivity index (χ2n) is 6.11. The summed E-state index contributed by atoms with van der Waals surface area (Å²) in [7, 11) is 0. The van der Waals surface area contributed by atoms with Crippen LogP contribution in [-0.4, -0.2) is 11.0 Å². The fraction of sp³-hybridized carbons (Fsp3) is 0.667. The van der Waals surface area contributed by atoms with E-state index in [2.05, 4.69) is 43.2 Å². The van der Waals surface area contributed by atoms with Crippen molar-refractivity contribution >= 4 is 0 Å². The van der Waals surface area contributed by atoms with Gasteiger partial charge in [-0.05, 0) is 55.7 Å². The van der Waals surface area contributed by atoms with Gasteiger partial charge in [-0.25, -0.2) is 0 Å². The third-order valence-corrected chi connectivity index (χ3v) is 4.03. The van der Waals surface area contributed by atoms with Gasteiger partial charge in [0, 0.05) is 24.5 Å². The molecule has 1 N–H and O–H groups in total. The van der Waals surface area contributed by atoms with Crippen molar-refractivity contribution in [2.45, 2.75) is 58.5 Å². The van der Waals surface area contributed by atoms with Crippen LogP contribution < -0.4 is 5.32 Å². The number of pyridine rings is 1. The van der Waals surface area contributed by atoms with Crippen LogP contribution in [0.5, 0.6) is 0 Å². The number of nitrogens with zero attached hydrogens (tertiary/aromatic N) is 1. The average Bonchev–Trinajstić information content (AvgIpc) is 2.33. The summed E-state index contributed by atoms with van der Waals surface area (Å²) >= 11 is 0. The molecule has 17 heavy (non-hydrogen) atoms. The fourth-order valence-electron chi connectivity index (χ4n) is 2.67. The van der Waals surface area contributed by atoms with Crippen LogP contribution in [0.1, 0.15) is 58.1 Å². The Labute approximate surface area is 105 Å². The lowest BCUT2D eigenvalue weighted by atomic mass is 9.75. The lowest BCUT2D eigenvalue weighted by Crippen LogP contribution is -2.37. The van der Waals surface area contributed by atoms with E-state index in [0.717, 1.165) is 0 Å². The number of aromatic nitrogens is 1. The highest BCUT2D eigenvalue weighted by Gasteiger charge is 2.27. The highest BCUT2D eigenvalue weighted by atomic mass is 14.9. The standard InChI is InChI=1S/C15H24N2/c1-12(13-6-10-16-11-7-13)17-14-4-8-15(2,3)9-5-14/h6-7,10-12,14,17H,4-5,8-9H2,1-3H3/t12-/m1/s1. The van der Waals surface area contributed by atoms with Gasteiger partial charge in [0.1, 0.15) is 0 Å². The van der Waals surface area contributed by atoms with Crippen LogP contribution >= 0.6 is 0 Å². The van der Waals surface area contributed by atoms with Crippen LogP contribution in [0.25, 0.3) is 0 Å². The van der Waals surface area contributed by atoms with E-state index in [-0.39, 0.29) is 0 Å². The Balaban J connectivity index is 1.86. The lowest BCUT2D eigenvalue weighted by Gasteiger charge is -2.36. The van der Waals surface area contributed by atoms with Gasteiger partial charge in [0.05, 0.1) is 0 Å². The molecular weight excluding hydrogens is 208 g/mol. The number of rotatable bonds is 3. The second-order valence-corrected chi connectivity index (χ2v) is 6.11. The maximum Gasteiger partial charge on any atom is 0.0295 e. The van der Waals surface area contributed by atoms with E-state index >= 15 is 0 Å². The molecule has 0 amide bonds. The van der Waals surface area contributed by atoms with Crippen molar-refractivity contribution in [3.8, 4) is 0 Å². The molecule has 0 aromatic carbocycles. The molecule has 0 radical (unpaired) electrons. The van der Waals surface area contributed by atoms with Crippen molar-refractivity contribution < 1.29 is 0 Å². The molecule has 0 aliphatic heterocycles. The molecule has 1 saturated carbocycles. The van der Waals surface area contributed by atoms with Gasteiger partial charge >= 0.3 is 0 Å². The third kappa shape index (κ3) is 3.53. The Kier molecular flexibility index (Phi) is 3.82. The van der Waals surface area contributed by atoms with Crippen molar-refractivity contribution in [1.82, 2.24) is 10.3 Å². The van der Waals surface area contributed by atoms with Crippen LogP contribution in [0.2, 0.25) is 0 Å². The topological polar surface area (TPSA) is 24.9 Å². The van der Waals surface area contributed by atoms with E-state index in [9.17, 15) is 0 Å². The molecule has 0 saturated heterocycles. The van der Waals surface area contributed by atoms with Crippen molar-refractivity contribution in [2.24, 2.45) is 5.41 Å². The molecule has 1 fully saturated rings. The number of nitrogens with one attached hydrogen (secondary N) is 1. The number of hydrogen-bond acceptors (Lipinski definition) is 2. The Morgan fingerprint density at radius 1 is 1.24 bits per heavy atom. The monoisotopic (exact) mass is 232 g/mol. The lowest BCUT2D eigenvalue weighted by molar-refractivity contribution is 0.200. The van der Waals surface area contributed by atoms with E-state index in [1.165, 1.54) is 31.2 Å². The third-order valence-electron chi connectivity index (χ3n) is 4.03. The van der Waals surface area contributed by atoms with Crippen LogP contribution in [0.3, 0.4) is 0 Å². The first-order valence-corrected chi connectivity index (χ1v) is 6.73. The van der Waals surface area contributed by atoms with Crippen molar-refractivity contribution in [2.75, 3.05) is 0 Å². The van der Waals surface area contributed by atoms with E-state index in [4.69, 9.17) is 0 Å². The van der Waals surface area contributed by atoms with Crippen molar-refractivity contribution in [3.63, 3.8) is 0 Å². The minimum Gasteiger partial charge on any atom is -0.307 e. The van der Waals surface area contributed by atoms with E-state index < -0.39 is 0 Å². The van der Waals surface area contributed by atoms with Crippen LogP contribution in [0.15, 0.2) is 24.5 Å². The van der Waals surface area contributed by atoms with Gasteiger partial charge < -0.3 is 5.32 Å². The summed E-state index contributed by atoms with van der Waals surface area (Å²) in [6.07, 6.45) is 9.04. The second kappa shape index (κ2) is 5.18. The van der Waals surface area contributed by atoms with Crippen LogP contribution in [-0.2, 0) is 0 Å². The molecule has 0 bridgehead atoms. The zero-order valence-corrected chi connectivity index (χ0v) is 11.2. The molecule has 1 aromatic heterocycles. The first kappa shape index (κ1) is 12.6. The van der Waals surface area contributed by atoms with E-state index in [0.29, 0.717) is 17.5 Å². The van der Waals surface area contributed by atoms with Gasteiger partial charge in [-0.2, -0.15) is 0 Å². The zero-order valence-electron chi connectivity index (χ0n) is 11.2. The van der Waals surface area contributed by atoms with E-state index in [1.54, 1.807) is 0 Å². The average molecular weight is 232 g/mol. The van der Waals surface area contributed by atoms with Gasteiger partial charge in [0.25, 0.3) is 0 Å². The Morgan fingerprint density at radius 2 is 1.82 bits per heavy atom. The van der Waals surface area contributed by atoms with Gasteiger partial charge in [0.15, 0.2) is 0 Å². The molecule has 2 nitrogen and oxygen atoms in total. The first-order chi connectivity index (χ1) is 8.07. The highest BCUT2D eigenvalue weighted by Crippen LogP contribution is 2.35. The van der Waals surface area contributed by atoms with Gasteiger partial charge in [-0.3, -0.25) is 4.98 Å². The smallest absolute Gasteiger partial charge is 0.0295 e. The fourth-order valence-corrected chi connectivity index (χ4v) is 2.67. The van der Waals surface area contributed by atoms with Crippen LogP contribution in [0, 0.1) is 5.41 Å². The summed E-state index contributed by atoms with van der Waals surface area (Å²) in [4.78, 5) is 4.07. The Hall–Kier alpha value is -0.890. The zero-order chi connectivity index (χ0) is 12.3. The molecule has 0 unspecified atom stereocenters. The maximum absolute atomic E-state index is 4.07. The van der Waals surface area contributed by atoms with E-state index in [1.807, 2.05) is 12.4 Å². The molecule has 2 heteroatoms. The molecule has 94 valence electrons. The summed E-state index contributed by atoms with van der Waals surface area (Å²) in [6, 6.07) is 5.32. The normalized spacial score (nSPS) is 22.3. The SMILES string of the molecule is C[C@@H](NC1CCC(C)(C)CC1)c1ccncc1. The first-order valence-electron chi connectivity index (χ1n) is 6.73. The predicted molar refractivity (Wildman–Crippen MR) is 71.8 cm³/mol. The summed E-state index contributed by atoms with van der Waals surface area (Å²) in [5.74, 6) is 0. The maximum atomic E-state index is 4.07. The quantitative estimate of drug-likeness (QED) is 0.859. The molecule has 2 rings (SSSR count). The van der Waals surface area contributed by atoms with Gasteiger partial charge in [0.2, 0.25) is 0 Å². The largest absolute Gasteiger partial charge is 0.307 e. The predicted octanol–water partition coefficient (Wildman–Crippen LogP) is 3.70. The minimum atomic E-state index is 0.434. The Bertz CT molecular complexity index is 335.